The van der Waals surface area contributed by atoms with Crippen molar-refractivity contribution in [3.63, 3.8) is 0 Å². The van der Waals surface area contributed by atoms with Gasteiger partial charge >= 0.3 is 0 Å². The quantitative estimate of drug-likeness (QED) is 0.824. The molecule has 1 aromatic carbocycles. The van der Waals surface area contributed by atoms with Crippen molar-refractivity contribution in [1.82, 2.24) is 0 Å². The van der Waals surface area contributed by atoms with E-state index in [1.165, 1.54) is 0 Å². The maximum atomic E-state index is 6.05. The summed E-state index contributed by atoms with van der Waals surface area (Å²) in [5, 5.41) is 0. The Balaban J connectivity index is 2.70. The summed E-state index contributed by atoms with van der Waals surface area (Å²) >= 11 is 0. The largest absolute Gasteiger partial charge is 0.481 e. The summed E-state index contributed by atoms with van der Waals surface area (Å²) in [6, 6.07) is 7.93. The zero-order valence-corrected chi connectivity index (χ0v) is 11.8. The minimum Gasteiger partial charge on any atom is -0.481 e. The van der Waals surface area contributed by atoms with Crippen molar-refractivity contribution in [2.24, 2.45) is 11.1 Å². The summed E-state index contributed by atoms with van der Waals surface area (Å²) in [5.41, 5.74) is 7.12. The van der Waals surface area contributed by atoms with Crippen molar-refractivity contribution in [2.75, 3.05) is 6.61 Å². The molecule has 1 rings (SSSR count). The maximum absolute atomic E-state index is 6.05. The Hall–Kier alpha value is -1.46. The van der Waals surface area contributed by atoms with E-state index in [2.05, 4.69) is 39.5 Å². The lowest BCUT2D eigenvalue weighted by Crippen LogP contribution is -2.11. The van der Waals surface area contributed by atoms with Crippen LogP contribution >= 0.6 is 0 Å². The van der Waals surface area contributed by atoms with Crippen LogP contribution in [0.15, 0.2) is 24.3 Å². The molecule has 1 aromatic rings. The van der Waals surface area contributed by atoms with Gasteiger partial charge in [0.1, 0.15) is 12.4 Å². The van der Waals surface area contributed by atoms with Gasteiger partial charge in [-0.3, -0.25) is 0 Å². The van der Waals surface area contributed by atoms with Gasteiger partial charge < -0.3 is 10.5 Å². The Labute approximate surface area is 111 Å². The second-order valence-electron chi connectivity index (χ2n) is 5.39. The van der Waals surface area contributed by atoms with Crippen molar-refractivity contribution < 1.29 is 4.74 Å². The molecule has 0 amide bonds. The molecule has 0 radical (unpaired) electrons. The van der Waals surface area contributed by atoms with Crippen LogP contribution in [0.1, 0.15) is 45.7 Å². The number of nitrogens with two attached hydrogens (primary N) is 1. The smallest absolute Gasteiger partial charge is 0.149 e. The number of benzene rings is 1. The Morgan fingerprint density at radius 3 is 2.56 bits per heavy atom. The van der Waals surface area contributed by atoms with Gasteiger partial charge in [-0.05, 0) is 33.3 Å². The van der Waals surface area contributed by atoms with Gasteiger partial charge in [-0.25, -0.2) is 0 Å². The highest BCUT2D eigenvalue weighted by atomic mass is 16.5. The molecule has 0 saturated heterocycles. The van der Waals surface area contributed by atoms with Gasteiger partial charge in [-0.1, -0.05) is 37.0 Å². The van der Waals surface area contributed by atoms with Crippen LogP contribution in [0.25, 0.3) is 0 Å². The van der Waals surface area contributed by atoms with E-state index in [0.717, 1.165) is 17.7 Å². The van der Waals surface area contributed by atoms with E-state index in [-0.39, 0.29) is 11.5 Å². The van der Waals surface area contributed by atoms with E-state index in [0.29, 0.717) is 6.61 Å². The summed E-state index contributed by atoms with van der Waals surface area (Å²) in [5.74, 6) is 7.04. The van der Waals surface area contributed by atoms with E-state index >= 15 is 0 Å². The number of para-hydroxylation sites is 1. The molecule has 0 aliphatic carbocycles. The zero-order chi connectivity index (χ0) is 13.6. The highest BCUT2D eigenvalue weighted by Crippen LogP contribution is 2.25. The number of ether oxygens (including phenoxy) is 1. The monoisotopic (exact) mass is 245 g/mol. The van der Waals surface area contributed by atoms with Crippen molar-refractivity contribution in [3.8, 4) is 17.6 Å². The summed E-state index contributed by atoms with van der Waals surface area (Å²) in [4.78, 5) is 0. The lowest BCUT2D eigenvalue weighted by atomic mass is 9.98. The van der Waals surface area contributed by atoms with Crippen LogP contribution in [0.3, 0.4) is 0 Å². The summed E-state index contributed by atoms with van der Waals surface area (Å²) in [6.45, 7) is 8.73. The van der Waals surface area contributed by atoms with Crippen molar-refractivity contribution >= 4 is 0 Å². The van der Waals surface area contributed by atoms with Gasteiger partial charge in [0.05, 0.1) is 0 Å². The zero-order valence-electron chi connectivity index (χ0n) is 11.8. The van der Waals surface area contributed by atoms with Crippen molar-refractivity contribution in [2.45, 2.75) is 40.2 Å². The molecule has 2 nitrogen and oxygen atoms in total. The molecule has 1 atom stereocenters. The summed E-state index contributed by atoms with van der Waals surface area (Å²) in [7, 11) is 0. The third-order valence-electron chi connectivity index (χ3n) is 2.52. The standard InChI is InChI=1S/C16H23NO/c1-5-14(17)13-9-6-7-10-15(13)18-12-8-11-16(2,3)4/h6-7,9-10,14H,5,12,17H2,1-4H3/t14-/m0/s1. The molecule has 18 heavy (non-hydrogen) atoms. The first-order valence-electron chi connectivity index (χ1n) is 6.41. The number of hydrogen-bond donors (Lipinski definition) is 1. The van der Waals surface area contributed by atoms with Crippen LogP contribution in [-0.4, -0.2) is 6.61 Å². The van der Waals surface area contributed by atoms with Crippen LogP contribution in [0.4, 0.5) is 0 Å². The molecule has 0 aromatic heterocycles. The summed E-state index contributed by atoms with van der Waals surface area (Å²) in [6.07, 6.45) is 0.897. The maximum Gasteiger partial charge on any atom is 0.149 e. The molecule has 0 unspecified atom stereocenters. The third kappa shape index (κ3) is 4.81. The normalized spacial score (nSPS) is 12.5. The minimum atomic E-state index is 0.0166. The van der Waals surface area contributed by atoms with Crippen LogP contribution < -0.4 is 10.5 Å². The van der Waals surface area contributed by atoms with Gasteiger partial charge in [0.15, 0.2) is 0 Å². The lowest BCUT2D eigenvalue weighted by molar-refractivity contribution is 0.362. The van der Waals surface area contributed by atoms with Crippen molar-refractivity contribution in [1.29, 1.82) is 0 Å². The van der Waals surface area contributed by atoms with Crippen LogP contribution in [-0.2, 0) is 0 Å². The molecule has 0 heterocycles. The lowest BCUT2D eigenvalue weighted by Gasteiger charge is -2.14. The average Bonchev–Trinajstić information content (AvgIpc) is 2.33. The predicted molar refractivity (Wildman–Crippen MR) is 76.4 cm³/mol. The van der Waals surface area contributed by atoms with Gasteiger partial charge in [-0.15, -0.1) is 0 Å². The second-order valence-corrected chi connectivity index (χ2v) is 5.39. The molecular formula is C16H23NO. The number of hydrogen-bond acceptors (Lipinski definition) is 2. The summed E-state index contributed by atoms with van der Waals surface area (Å²) < 4.78 is 5.70. The van der Waals surface area contributed by atoms with Gasteiger partial charge in [0, 0.05) is 17.0 Å². The Kier molecular flexibility index (Phi) is 5.25. The predicted octanol–water partition coefficient (Wildman–Crippen LogP) is 3.52. The molecule has 98 valence electrons. The van der Waals surface area contributed by atoms with E-state index in [9.17, 15) is 0 Å². The molecule has 0 aliphatic rings. The van der Waals surface area contributed by atoms with E-state index in [1.54, 1.807) is 0 Å². The fraction of sp³-hybridized carbons (Fsp3) is 0.500. The van der Waals surface area contributed by atoms with E-state index in [4.69, 9.17) is 10.5 Å². The first kappa shape index (κ1) is 14.6. The highest BCUT2D eigenvalue weighted by Gasteiger charge is 2.09. The molecule has 0 fully saturated rings. The van der Waals surface area contributed by atoms with E-state index < -0.39 is 0 Å². The minimum absolute atomic E-state index is 0.0166. The molecule has 2 N–H and O–H groups in total. The van der Waals surface area contributed by atoms with Gasteiger partial charge in [0.25, 0.3) is 0 Å². The Bertz CT molecular complexity index is 434. The molecule has 0 bridgehead atoms. The van der Waals surface area contributed by atoms with Gasteiger partial charge in [-0.2, -0.15) is 0 Å². The first-order valence-corrected chi connectivity index (χ1v) is 6.41. The molecule has 0 saturated carbocycles. The fourth-order valence-corrected chi connectivity index (χ4v) is 1.55. The highest BCUT2D eigenvalue weighted by molar-refractivity contribution is 5.36. The second kappa shape index (κ2) is 6.47. The van der Waals surface area contributed by atoms with Gasteiger partial charge in [0.2, 0.25) is 0 Å². The first-order chi connectivity index (χ1) is 8.44. The van der Waals surface area contributed by atoms with Crippen LogP contribution in [0, 0.1) is 17.3 Å². The number of rotatable bonds is 4. The molecule has 0 aliphatic heterocycles. The topological polar surface area (TPSA) is 35.2 Å². The SMILES string of the molecule is CC[C@H](N)c1ccccc1OCC#CC(C)(C)C. The van der Waals surface area contributed by atoms with E-state index in [1.807, 2.05) is 24.3 Å². The van der Waals surface area contributed by atoms with Crippen LogP contribution in [0.2, 0.25) is 0 Å². The third-order valence-corrected chi connectivity index (χ3v) is 2.52. The van der Waals surface area contributed by atoms with Crippen molar-refractivity contribution in [3.05, 3.63) is 29.8 Å². The average molecular weight is 245 g/mol. The molecular weight excluding hydrogens is 222 g/mol. The Morgan fingerprint density at radius 1 is 1.28 bits per heavy atom. The molecule has 2 heteroatoms. The molecule has 0 spiro atoms. The fourth-order valence-electron chi connectivity index (χ4n) is 1.55. The Morgan fingerprint density at radius 2 is 1.94 bits per heavy atom. The van der Waals surface area contributed by atoms with Crippen LogP contribution in [0.5, 0.6) is 5.75 Å².